The number of amides is 1. The molecule has 248 valence electrons. The van der Waals surface area contributed by atoms with Gasteiger partial charge in [0.15, 0.2) is 12.4 Å². The van der Waals surface area contributed by atoms with Crippen molar-refractivity contribution in [3.05, 3.63) is 35.9 Å². The van der Waals surface area contributed by atoms with Crippen molar-refractivity contribution in [2.24, 2.45) is 5.41 Å². The fraction of sp³-hybridized carbons (Fsp3) is 0.632. The predicted molar refractivity (Wildman–Crippen MR) is 138 cm³/mol. The van der Waals surface area contributed by atoms with E-state index in [2.05, 4.69) is 22.0 Å². The summed E-state index contributed by atoms with van der Waals surface area (Å²) in [4.78, 5) is 13.0. The lowest BCUT2D eigenvalue weighted by Crippen LogP contribution is -2.57. The van der Waals surface area contributed by atoms with Gasteiger partial charge in [0.25, 0.3) is 5.91 Å². The van der Waals surface area contributed by atoms with Gasteiger partial charge in [0.2, 0.25) is 0 Å². The normalized spacial score (nSPS) is 23.0. The molecular weight excluding hydrogens is 674 g/mol. The van der Waals surface area contributed by atoms with E-state index in [1.807, 2.05) is 0 Å². The number of ether oxygens (including phenoxy) is 2. The van der Waals surface area contributed by atoms with Crippen LogP contribution < -0.4 is 5.32 Å². The fourth-order valence-corrected chi connectivity index (χ4v) is 5.76. The van der Waals surface area contributed by atoms with E-state index in [9.17, 15) is 47.6 Å². The van der Waals surface area contributed by atoms with Crippen molar-refractivity contribution in [2.45, 2.75) is 57.6 Å². The molecule has 0 saturated carbocycles. The molecule has 1 amide bonds. The van der Waals surface area contributed by atoms with E-state index in [4.69, 9.17) is 18.6 Å². The summed E-state index contributed by atoms with van der Waals surface area (Å²) >= 11 is 0. The van der Waals surface area contributed by atoms with Gasteiger partial charge in [-0.15, -0.1) is 0 Å². The number of nitrogens with one attached hydrogen (secondary N) is 1. The molecule has 1 aliphatic rings. The van der Waals surface area contributed by atoms with Gasteiger partial charge < -0.3 is 14.8 Å². The Morgan fingerprint density at radius 2 is 1.51 bits per heavy atom. The van der Waals surface area contributed by atoms with E-state index in [0.29, 0.717) is 5.56 Å². The molecule has 1 aliphatic heterocycles. The molecule has 20 nitrogen and oxygen atoms in total. The maximum absolute atomic E-state index is 13.0. The molecule has 0 unspecified atom stereocenters. The summed E-state index contributed by atoms with van der Waals surface area (Å²) in [6.45, 7) is -0.0142. The molecule has 1 aromatic carbocycles. The number of hydrogen-bond acceptors (Lipinski definition) is 15. The summed E-state index contributed by atoms with van der Waals surface area (Å²) in [5.74, 6) is -1.42. The molecular formula is C19H29NO19S4. The van der Waals surface area contributed by atoms with Gasteiger partial charge in [0, 0.05) is 18.4 Å². The molecule has 1 fully saturated rings. The zero-order valence-corrected chi connectivity index (χ0v) is 25.4. The summed E-state index contributed by atoms with van der Waals surface area (Å²) in [7, 11) is -21.1. The lowest BCUT2D eigenvalue weighted by atomic mass is 9.87. The Hall–Kier alpha value is -1.91. The molecule has 0 spiro atoms. The summed E-state index contributed by atoms with van der Waals surface area (Å²) in [6.07, 6.45) is -10.1. The van der Waals surface area contributed by atoms with Crippen LogP contribution in [0.2, 0.25) is 0 Å². The van der Waals surface area contributed by atoms with Crippen LogP contribution >= 0.6 is 0 Å². The molecule has 0 radical (unpaired) electrons. The highest BCUT2D eigenvalue weighted by Gasteiger charge is 2.46. The van der Waals surface area contributed by atoms with E-state index in [1.165, 1.54) is 0 Å². The molecule has 1 aromatic rings. The average molecular weight is 704 g/mol. The standard InChI is InChI=1S/C19H29NO19S4/c1-19(2,11-35-40(22,23)24)17(39-43(31,32)33)18(21)20-9-14-16(38-42(28,29)30)13(37-41(25,26)27)8-15(36-14)34-10-12-6-4-3-5-7-12/h3-7,13-17H,8-11H2,1-2H3,(H,20,21)(H,22,23,24)(H,25,26,27)(H,28,29,30)(H,31,32,33)/t13-,14-,15+,16+,17+/m1/s1. The van der Waals surface area contributed by atoms with Gasteiger partial charge in [-0.05, 0) is 5.56 Å². The van der Waals surface area contributed by atoms with Crippen LogP contribution in [0, 0.1) is 5.41 Å². The Bertz CT molecular complexity index is 1530. The summed E-state index contributed by atoms with van der Waals surface area (Å²) in [6, 6.07) is 8.36. The molecule has 43 heavy (non-hydrogen) atoms. The first-order chi connectivity index (χ1) is 19.4. The Kier molecular flexibility index (Phi) is 12.5. The van der Waals surface area contributed by atoms with E-state index < -0.39 is 103 Å². The summed E-state index contributed by atoms with van der Waals surface area (Å²) in [5.41, 5.74) is -1.31. The monoisotopic (exact) mass is 703 g/mol. The quantitative estimate of drug-likeness (QED) is 0.127. The second kappa shape index (κ2) is 14.5. The summed E-state index contributed by atoms with van der Waals surface area (Å²) in [5, 5.41) is 2.06. The lowest BCUT2D eigenvalue weighted by molar-refractivity contribution is -0.244. The zero-order valence-electron chi connectivity index (χ0n) is 22.1. The van der Waals surface area contributed by atoms with Gasteiger partial charge in [0.1, 0.15) is 18.3 Å². The smallest absolute Gasteiger partial charge is 0.351 e. The number of benzene rings is 1. The SMILES string of the molecule is CC(C)(COS(=O)(=O)O)[C@@H](OS(=O)(=O)O)C(=O)NC[C@H]1O[C@H](OCc2ccccc2)C[C@@H](OS(=O)(=O)O)[C@@H]1OS(=O)(=O)O. The Morgan fingerprint density at radius 3 is 2.02 bits per heavy atom. The maximum Gasteiger partial charge on any atom is 0.398 e. The number of rotatable bonds is 16. The molecule has 1 heterocycles. The van der Waals surface area contributed by atoms with E-state index in [1.54, 1.807) is 30.3 Å². The second-order valence-electron chi connectivity index (χ2n) is 9.52. The molecule has 1 saturated heterocycles. The minimum absolute atomic E-state index is 0.140. The lowest BCUT2D eigenvalue weighted by Gasteiger charge is -2.39. The Labute approximate surface area is 247 Å². The van der Waals surface area contributed by atoms with Gasteiger partial charge in [-0.3, -0.25) is 23.0 Å². The zero-order chi connectivity index (χ0) is 32.9. The third-order valence-corrected chi connectivity index (χ3v) is 7.27. The van der Waals surface area contributed by atoms with E-state index in [-0.39, 0.29) is 6.61 Å². The third-order valence-electron chi connectivity index (χ3n) is 5.46. The van der Waals surface area contributed by atoms with Gasteiger partial charge in [-0.1, -0.05) is 44.2 Å². The number of carbonyl (C=O) groups is 1. The van der Waals surface area contributed by atoms with Crippen molar-refractivity contribution in [3.63, 3.8) is 0 Å². The van der Waals surface area contributed by atoms with Gasteiger partial charge in [0.05, 0.1) is 13.2 Å². The number of hydrogen-bond donors (Lipinski definition) is 5. The van der Waals surface area contributed by atoms with Gasteiger partial charge in [-0.25, -0.2) is 16.7 Å². The highest BCUT2D eigenvalue weighted by Crippen LogP contribution is 2.30. The minimum Gasteiger partial charge on any atom is -0.351 e. The molecule has 0 bridgehead atoms. The van der Waals surface area contributed by atoms with Crippen LogP contribution in [0.1, 0.15) is 25.8 Å². The summed E-state index contributed by atoms with van der Waals surface area (Å²) < 4.78 is 156. The van der Waals surface area contributed by atoms with Gasteiger partial charge in [-0.2, -0.15) is 33.7 Å². The molecule has 5 N–H and O–H groups in total. The molecule has 0 aromatic heterocycles. The first-order valence-electron chi connectivity index (χ1n) is 11.6. The van der Waals surface area contributed by atoms with Crippen LogP contribution in [0.15, 0.2) is 30.3 Å². The van der Waals surface area contributed by atoms with Crippen molar-refractivity contribution < 1.29 is 82.9 Å². The molecule has 0 aliphatic carbocycles. The third kappa shape index (κ3) is 14.2. The van der Waals surface area contributed by atoms with E-state index >= 15 is 0 Å². The molecule has 2 rings (SSSR count). The van der Waals surface area contributed by atoms with Crippen molar-refractivity contribution in [3.8, 4) is 0 Å². The average Bonchev–Trinajstić information content (AvgIpc) is 2.83. The van der Waals surface area contributed by atoms with Crippen molar-refractivity contribution in [1.82, 2.24) is 5.32 Å². The van der Waals surface area contributed by atoms with Crippen molar-refractivity contribution in [1.29, 1.82) is 0 Å². The Morgan fingerprint density at radius 1 is 0.930 bits per heavy atom. The minimum atomic E-state index is -5.39. The van der Waals surface area contributed by atoms with Crippen molar-refractivity contribution in [2.75, 3.05) is 13.2 Å². The highest BCUT2D eigenvalue weighted by atomic mass is 32.3. The number of carbonyl (C=O) groups excluding carboxylic acids is 1. The van der Waals surface area contributed by atoms with Crippen LogP contribution in [-0.4, -0.2) is 102 Å². The van der Waals surface area contributed by atoms with Gasteiger partial charge >= 0.3 is 41.6 Å². The second-order valence-corrected chi connectivity index (χ2v) is 13.7. The van der Waals surface area contributed by atoms with Crippen LogP contribution in [0.3, 0.4) is 0 Å². The van der Waals surface area contributed by atoms with Crippen molar-refractivity contribution >= 4 is 47.5 Å². The molecule has 24 heteroatoms. The van der Waals surface area contributed by atoms with Crippen LogP contribution in [0.4, 0.5) is 0 Å². The Balaban J connectivity index is 2.36. The molecule has 5 atom stereocenters. The predicted octanol–water partition coefficient (Wildman–Crippen LogP) is -1.16. The fourth-order valence-electron chi connectivity index (χ4n) is 3.69. The largest absolute Gasteiger partial charge is 0.398 e. The van der Waals surface area contributed by atoms with Crippen LogP contribution in [-0.2, 0) is 79.2 Å². The topological polar surface area (TPSA) is 302 Å². The highest BCUT2D eigenvalue weighted by molar-refractivity contribution is 7.81. The maximum atomic E-state index is 13.0. The van der Waals surface area contributed by atoms with Crippen LogP contribution in [0.5, 0.6) is 0 Å². The first kappa shape index (κ1) is 37.3. The first-order valence-corrected chi connectivity index (χ1v) is 17.1. The van der Waals surface area contributed by atoms with Crippen LogP contribution in [0.25, 0.3) is 0 Å². The van der Waals surface area contributed by atoms with E-state index in [0.717, 1.165) is 13.8 Å².